The first-order valence-electron chi connectivity index (χ1n) is 7.96. The number of hydrogen-bond acceptors (Lipinski definition) is 5. The molecule has 2 bridgehead atoms. The summed E-state index contributed by atoms with van der Waals surface area (Å²) in [6.45, 7) is 0. The number of ether oxygens (including phenoxy) is 1. The van der Waals surface area contributed by atoms with Gasteiger partial charge < -0.3 is 10.1 Å². The summed E-state index contributed by atoms with van der Waals surface area (Å²) in [6, 6.07) is 0.514. The maximum Gasteiger partial charge on any atom is 0.341 e. The van der Waals surface area contributed by atoms with Crippen molar-refractivity contribution in [1.82, 2.24) is 9.97 Å². The van der Waals surface area contributed by atoms with E-state index in [0.29, 0.717) is 23.5 Å². The minimum absolute atomic E-state index is 0.330. The fraction of sp³-hybridized carbons (Fsp3) is 0.688. The van der Waals surface area contributed by atoms with Crippen molar-refractivity contribution < 1.29 is 9.53 Å². The first-order chi connectivity index (χ1) is 10.2. The summed E-state index contributed by atoms with van der Waals surface area (Å²) >= 11 is 0. The molecule has 1 N–H and O–H groups in total. The number of carbonyl (C=O) groups is 1. The first-order valence-corrected chi connectivity index (χ1v) is 7.96. The number of nitrogens with zero attached hydrogens (tertiary/aromatic N) is 2. The van der Waals surface area contributed by atoms with Crippen LogP contribution in [0, 0.1) is 11.8 Å². The van der Waals surface area contributed by atoms with Crippen molar-refractivity contribution in [2.24, 2.45) is 11.8 Å². The number of hydrogen-bond donors (Lipinski definition) is 1. The van der Waals surface area contributed by atoms with E-state index in [4.69, 9.17) is 4.74 Å². The Kier molecular flexibility index (Phi) is 3.08. The lowest BCUT2D eigenvalue weighted by molar-refractivity contribution is 0.0598. The van der Waals surface area contributed by atoms with E-state index in [1.165, 1.54) is 32.8 Å². The standard InChI is InChI=1S/C16H21N3O2/c1-21-15(20)12-8-17-16(19-14(12)10-4-5-10)18-13-7-9-2-3-11(13)6-9/h8-11,13H,2-7H2,1H3,(H,17,18,19)/t9-,11+,13+/m0/s1. The summed E-state index contributed by atoms with van der Waals surface area (Å²) in [5.41, 5.74) is 1.39. The van der Waals surface area contributed by atoms with Gasteiger partial charge in [0.15, 0.2) is 0 Å². The zero-order valence-electron chi connectivity index (χ0n) is 12.3. The van der Waals surface area contributed by atoms with Gasteiger partial charge in [0.25, 0.3) is 0 Å². The van der Waals surface area contributed by atoms with Crippen LogP contribution in [0.4, 0.5) is 5.95 Å². The molecule has 1 heterocycles. The van der Waals surface area contributed by atoms with Crippen LogP contribution in [-0.2, 0) is 4.74 Å². The number of esters is 1. The Bertz CT molecular complexity index is 571. The van der Waals surface area contributed by atoms with Crippen molar-refractivity contribution in [3.63, 3.8) is 0 Å². The molecule has 1 aromatic heterocycles. The first kappa shape index (κ1) is 13.0. The molecule has 4 rings (SSSR count). The lowest BCUT2D eigenvalue weighted by Crippen LogP contribution is -2.27. The Balaban J connectivity index is 1.56. The molecule has 0 radical (unpaired) electrons. The Hall–Kier alpha value is -1.65. The smallest absolute Gasteiger partial charge is 0.341 e. The van der Waals surface area contributed by atoms with Gasteiger partial charge in [0.2, 0.25) is 5.95 Å². The van der Waals surface area contributed by atoms with Gasteiger partial charge in [-0.2, -0.15) is 0 Å². The Morgan fingerprint density at radius 2 is 2.14 bits per heavy atom. The summed E-state index contributed by atoms with van der Waals surface area (Å²) < 4.78 is 4.83. The topological polar surface area (TPSA) is 64.1 Å². The predicted octanol–water partition coefficient (Wildman–Crippen LogP) is 2.74. The highest BCUT2D eigenvalue weighted by atomic mass is 16.5. The lowest BCUT2D eigenvalue weighted by Gasteiger charge is -2.23. The highest BCUT2D eigenvalue weighted by molar-refractivity contribution is 5.90. The van der Waals surface area contributed by atoms with Gasteiger partial charge >= 0.3 is 5.97 Å². The third-order valence-electron chi connectivity index (χ3n) is 5.24. The zero-order valence-corrected chi connectivity index (χ0v) is 12.3. The third kappa shape index (κ3) is 2.39. The number of fused-ring (bicyclic) bond motifs is 2. The number of nitrogens with one attached hydrogen (secondary N) is 1. The van der Waals surface area contributed by atoms with Crippen molar-refractivity contribution in [1.29, 1.82) is 0 Å². The Morgan fingerprint density at radius 1 is 1.29 bits per heavy atom. The van der Waals surface area contributed by atoms with Crippen LogP contribution in [-0.4, -0.2) is 29.1 Å². The third-order valence-corrected chi connectivity index (χ3v) is 5.24. The van der Waals surface area contributed by atoms with Crippen molar-refractivity contribution >= 4 is 11.9 Å². The molecule has 0 aliphatic heterocycles. The minimum Gasteiger partial charge on any atom is -0.465 e. The normalized spacial score (nSPS) is 30.4. The molecule has 0 saturated heterocycles. The molecule has 3 fully saturated rings. The number of methoxy groups -OCH3 is 1. The second-order valence-electron chi connectivity index (χ2n) is 6.68. The lowest BCUT2D eigenvalue weighted by atomic mass is 9.95. The van der Waals surface area contributed by atoms with Crippen LogP contribution in [0.1, 0.15) is 60.5 Å². The maximum atomic E-state index is 11.8. The maximum absolute atomic E-state index is 11.8. The van der Waals surface area contributed by atoms with Crippen LogP contribution in [0.25, 0.3) is 0 Å². The second kappa shape index (κ2) is 4.97. The monoisotopic (exact) mass is 287 g/mol. The van der Waals surface area contributed by atoms with Crippen molar-refractivity contribution in [3.8, 4) is 0 Å². The molecule has 5 heteroatoms. The molecule has 0 amide bonds. The molecule has 3 atom stereocenters. The van der Waals surface area contributed by atoms with Gasteiger partial charge in [-0.05, 0) is 43.9 Å². The molecule has 3 aliphatic carbocycles. The van der Waals surface area contributed by atoms with Gasteiger partial charge in [0.05, 0.1) is 18.4 Å². The largest absolute Gasteiger partial charge is 0.465 e. The SMILES string of the molecule is COC(=O)c1cnc(N[C@@H]2C[C@H]3CC[C@@H]2C3)nc1C1CC1. The van der Waals surface area contributed by atoms with Crippen LogP contribution in [0.15, 0.2) is 6.20 Å². The highest BCUT2D eigenvalue weighted by Gasteiger charge is 2.40. The van der Waals surface area contributed by atoms with Gasteiger partial charge in [0, 0.05) is 18.2 Å². The van der Waals surface area contributed by atoms with Gasteiger partial charge in [-0.3, -0.25) is 0 Å². The number of rotatable bonds is 4. The second-order valence-corrected chi connectivity index (χ2v) is 6.68. The molecular formula is C16H21N3O2. The van der Waals surface area contributed by atoms with E-state index in [1.54, 1.807) is 6.20 Å². The van der Waals surface area contributed by atoms with Crippen LogP contribution in [0.5, 0.6) is 0 Å². The van der Waals surface area contributed by atoms with E-state index in [2.05, 4.69) is 15.3 Å². The highest BCUT2D eigenvalue weighted by Crippen LogP contribution is 2.45. The van der Waals surface area contributed by atoms with Gasteiger partial charge in [-0.15, -0.1) is 0 Å². The summed E-state index contributed by atoms with van der Waals surface area (Å²) in [5, 5.41) is 3.51. The van der Waals surface area contributed by atoms with Gasteiger partial charge in [-0.1, -0.05) is 6.42 Å². The van der Waals surface area contributed by atoms with E-state index in [1.807, 2.05) is 0 Å². The molecular weight excluding hydrogens is 266 g/mol. The molecule has 0 spiro atoms. The van der Waals surface area contributed by atoms with Crippen molar-refractivity contribution in [3.05, 3.63) is 17.5 Å². The van der Waals surface area contributed by atoms with E-state index in [0.717, 1.165) is 30.4 Å². The van der Waals surface area contributed by atoms with E-state index in [-0.39, 0.29) is 5.97 Å². The van der Waals surface area contributed by atoms with Crippen LogP contribution in [0.3, 0.4) is 0 Å². The van der Waals surface area contributed by atoms with E-state index in [9.17, 15) is 4.79 Å². The Morgan fingerprint density at radius 3 is 2.76 bits per heavy atom. The van der Waals surface area contributed by atoms with Gasteiger partial charge in [-0.25, -0.2) is 14.8 Å². The average molecular weight is 287 g/mol. The van der Waals surface area contributed by atoms with Crippen molar-refractivity contribution in [2.45, 2.75) is 50.5 Å². The molecule has 21 heavy (non-hydrogen) atoms. The molecule has 112 valence electrons. The molecule has 0 unspecified atom stereocenters. The van der Waals surface area contributed by atoms with Crippen LogP contribution >= 0.6 is 0 Å². The number of aromatic nitrogens is 2. The summed E-state index contributed by atoms with van der Waals surface area (Å²) in [5.74, 6) is 2.43. The molecule has 0 aromatic carbocycles. The van der Waals surface area contributed by atoms with E-state index < -0.39 is 0 Å². The predicted molar refractivity (Wildman–Crippen MR) is 78.2 cm³/mol. The summed E-state index contributed by atoms with van der Waals surface area (Å²) in [4.78, 5) is 20.8. The molecule has 1 aromatic rings. The fourth-order valence-corrected chi connectivity index (χ4v) is 3.99. The number of anilines is 1. The molecule has 3 saturated carbocycles. The molecule has 5 nitrogen and oxygen atoms in total. The van der Waals surface area contributed by atoms with Crippen molar-refractivity contribution in [2.75, 3.05) is 12.4 Å². The Labute approximate surface area is 124 Å². The molecule has 3 aliphatic rings. The summed E-state index contributed by atoms with van der Waals surface area (Å²) in [6.07, 6.45) is 9.15. The quantitative estimate of drug-likeness (QED) is 0.863. The van der Waals surface area contributed by atoms with Crippen LogP contribution < -0.4 is 5.32 Å². The minimum atomic E-state index is -0.330. The van der Waals surface area contributed by atoms with E-state index >= 15 is 0 Å². The number of carbonyl (C=O) groups excluding carboxylic acids is 1. The summed E-state index contributed by atoms with van der Waals surface area (Å²) in [7, 11) is 1.40. The fourth-order valence-electron chi connectivity index (χ4n) is 3.99. The average Bonchev–Trinajstić information content (AvgIpc) is 3.16. The van der Waals surface area contributed by atoms with Gasteiger partial charge in [0.1, 0.15) is 0 Å². The van der Waals surface area contributed by atoms with Crippen LogP contribution in [0.2, 0.25) is 0 Å². The zero-order chi connectivity index (χ0) is 14.4.